The number of nitro groups is 1. The van der Waals surface area contributed by atoms with Crippen LogP contribution in [-0.2, 0) is 0 Å². The Morgan fingerprint density at radius 1 is 1.08 bits per heavy atom. The first-order chi connectivity index (χ1) is 11.5. The number of hydrogen-bond donors (Lipinski definition) is 2. The lowest BCUT2D eigenvalue weighted by molar-refractivity contribution is -0.384. The van der Waals surface area contributed by atoms with E-state index >= 15 is 0 Å². The number of hydrogen-bond acceptors (Lipinski definition) is 5. The topological polar surface area (TPSA) is 101 Å². The number of rotatable bonds is 6. The first kappa shape index (κ1) is 17.4. The predicted molar refractivity (Wildman–Crippen MR) is 91.3 cm³/mol. The third-order valence-corrected chi connectivity index (χ3v) is 3.48. The zero-order valence-electron chi connectivity index (χ0n) is 12.2. The molecule has 0 saturated heterocycles. The molecule has 0 radical (unpaired) electrons. The van der Waals surface area contributed by atoms with Gasteiger partial charge in [-0.3, -0.25) is 25.1 Å². The number of nitro benzene ring substituents is 1. The molecule has 2 N–H and O–H groups in total. The number of benzene rings is 2. The van der Waals surface area contributed by atoms with Crippen molar-refractivity contribution in [1.82, 2.24) is 10.9 Å². The molecule has 0 heterocycles. The molecule has 0 aliphatic carbocycles. The van der Waals surface area contributed by atoms with Crippen molar-refractivity contribution in [2.45, 2.75) is 0 Å². The number of amides is 1. The van der Waals surface area contributed by atoms with Crippen LogP contribution in [0.3, 0.4) is 0 Å². The second-order valence-electron chi connectivity index (χ2n) is 4.61. The molecule has 1 amide bonds. The quantitative estimate of drug-likeness (QED) is 0.342. The highest BCUT2D eigenvalue weighted by Crippen LogP contribution is 2.13. The van der Waals surface area contributed by atoms with Crippen LogP contribution in [0.4, 0.5) is 5.69 Å². The van der Waals surface area contributed by atoms with Crippen molar-refractivity contribution in [3.63, 3.8) is 0 Å². The van der Waals surface area contributed by atoms with Gasteiger partial charge in [-0.25, -0.2) is 0 Å². The Balaban J connectivity index is 1.90. The first-order valence-corrected chi connectivity index (χ1v) is 7.53. The molecule has 0 atom stereocenters. The molecule has 2 aromatic carbocycles. The van der Waals surface area contributed by atoms with Gasteiger partial charge in [0.05, 0.1) is 4.92 Å². The summed E-state index contributed by atoms with van der Waals surface area (Å²) in [7, 11) is 0. The van der Waals surface area contributed by atoms with Gasteiger partial charge in [0.15, 0.2) is 5.78 Å². The zero-order valence-corrected chi connectivity index (χ0v) is 13.8. The molecule has 2 aromatic rings. The molecule has 0 saturated carbocycles. The van der Waals surface area contributed by atoms with Crippen molar-refractivity contribution in [2.75, 3.05) is 0 Å². The second-order valence-corrected chi connectivity index (χ2v) is 5.53. The standard InChI is InChI=1S/C16H12BrN3O4/c17-13-6-4-11(5-7-13)15(21)8-9-18-19-16(22)12-2-1-3-14(10-12)20(23)24/h1-10,18H,(H,19,22). The fourth-order valence-electron chi connectivity index (χ4n) is 1.77. The Hall–Kier alpha value is -3.00. The summed E-state index contributed by atoms with van der Waals surface area (Å²) in [6.45, 7) is 0. The molecule has 0 aliphatic rings. The van der Waals surface area contributed by atoms with E-state index in [1.54, 1.807) is 24.3 Å². The minimum absolute atomic E-state index is 0.129. The number of carbonyl (C=O) groups excluding carboxylic acids is 2. The summed E-state index contributed by atoms with van der Waals surface area (Å²) in [5.41, 5.74) is 5.24. The zero-order chi connectivity index (χ0) is 17.5. The Bertz CT molecular complexity index is 803. The van der Waals surface area contributed by atoms with Gasteiger partial charge in [-0.05, 0) is 30.3 Å². The lowest BCUT2D eigenvalue weighted by Crippen LogP contribution is -2.33. The number of allylic oxidation sites excluding steroid dienone is 1. The summed E-state index contributed by atoms with van der Waals surface area (Å²) in [6, 6.07) is 12.1. The third kappa shape index (κ3) is 4.75. The largest absolute Gasteiger partial charge is 0.305 e. The Morgan fingerprint density at radius 3 is 2.46 bits per heavy atom. The Morgan fingerprint density at radius 2 is 1.79 bits per heavy atom. The molecule has 0 spiro atoms. The average Bonchev–Trinajstić information content (AvgIpc) is 2.59. The van der Waals surface area contributed by atoms with Gasteiger partial charge in [-0.2, -0.15) is 0 Å². The highest BCUT2D eigenvalue weighted by atomic mass is 79.9. The smallest absolute Gasteiger partial charge is 0.270 e. The van der Waals surface area contributed by atoms with Crippen LogP contribution < -0.4 is 10.9 Å². The Labute approximate surface area is 145 Å². The van der Waals surface area contributed by atoms with E-state index in [0.717, 1.165) is 10.5 Å². The van der Waals surface area contributed by atoms with E-state index in [9.17, 15) is 19.7 Å². The minimum atomic E-state index is -0.582. The van der Waals surface area contributed by atoms with Gasteiger partial charge in [0, 0.05) is 40.0 Å². The van der Waals surface area contributed by atoms with Crippen LogP contribution >= 0.6 is 15.9 Å². The number of hydrazine groups is 1. The molecule has 0 bridgehead atoms. The molecule has 0 aromatic heterocycles. The van der Waals surface area contributed by atoms with Crippen LogP contribution in [0.2, 0.25) is 0 Å². The van der Waals surface area contributed by atoms with Crippen LogP contribution in [0.15, 0.2) is 65.3 Å². The van der Waals surface area contributed by atoms with E-state index < -0.39 is 10.8 Å². The van der Waals surface area contributed by atoms with Gasteiger partial charge in [0.2, 0.25) is 0 Å². The third-order valence-electron chi connectivity index (χ3n) is 2.95. The lowest BCUT2D eigenvalue weighted by Gasteiger charge is -2.04. The van der Waals surface area contributed by atoms with Crippen molar-refractivity contribution in [2.24, 2.45) is 0 Å². The van der Waals surface area contributed by atoms with Crippen LogP contribution in [0.25, 0.3) is 0 Å². The number of ketones is 1. The second kappa shape index (κ2) is 8.02. The molecular formula is C16H12BrN3O4. The number of nitrogens with zero attached hydrogens (tertiary/aromatic N) is 1. The van der Waals surface area contributed by atoms with Gasteiger partial charge in [-0.1, -0.05) is 22.0 Å². The van der Waals surface area contributed by atoms with Crippen LogP contribution in [-0.4, -0.2) is 16.6 Å². The van der Waals surface area contributed by atoms with Gasteiger partial charge in [0.25, 0.3) is 11.6 Å². The van der Waals surface area contributed by atoms with Crippen LogP contribution in [0.5, 0.6) is 0 Å². The van der Waals surface area contributed by atoms with Crippen molar-refractivity contribution < 1.29 is 14.5 Å². The summed E-state index contributed by atoms with van der Waals surface area (Å²) in [5.74, 6) is -0.793. The van der Waals surface area contributed by atoms with Crippen molar-refractivity contribution in [3.8, 4) is 0 Å². The summed E-state index contributed by atoms with van der Waals surface area (Å²) in [6.07, 6.45) is 2.54. The van der Waals surface area contributed by atoms with E-state index in [2.05, 4.69) is 26.8 Å². The van der Waals surface area contributed by atoms with Gasteiger partial charge in [0.1, 0.15) is 0 Å². The molecule has 8 heteroatoms. The van der Waals surface area contributed by atoms with Gasteiger partial charge < -0.3 is 5.43 Å². The summed E-state index contributed by atoms with van der Waals surface area (Å²) in [5, 5.41) is 10.7. The monoisotopic (exact) mass is 389 g/mol. The lowest BCUT2D eigenvalue weighted by atomic mass is 10.1. The van der Waals surface area contributed by atoms with E-state index in [1.165, 1.54) is 30.5 Å². The molecule has 122 valence electrons. The van der Waals surface area contributed by atoms with Gasteiger partial charge >= 0.3 is 0 Å². The maximum Gasteiger partial charge on any atom is 0.270 e. The number of halogens is 1. The number of nitrogens with one attached hydrogen (secondary N) is 2. The van der Waals surface area contributed by atoms with E-state index in [-0.39, 0.29) is 17.0 Å². The first-order valence-electron chi connectivity index (χ1n) is 6.74. The predicted octanol–water partition coefficient (Wildman–Crippen LogP) is 2.99. The highest BCUT2D eigenvalue weighted by Gasteiger charge is 2.10. The number of non-ortho nitro benzene ring substituents is 1. The maximum absolute atomic E-state index is 11.9. The van der Waals surface area contributed by atoms with E-state index in [1.807, 2.05) is 0 Å². The fourth-order valence-corrected chi connectivity index (χ4v) is 2.03. The van der Waals surface area contributed by atoms with Gasteiger partial charge in [-0.15, -0.1) is 0 Å². The average molecular weight is 390 g/mol. The van der Waals surface area contributed by atoms with Crippen molar-refractivity contribution >= 4 is 33.3 Å². The molecule has 7 nitrogen and oxygen atoms in total. The van der Waals surface area contributed by atoms with E-state index in [4.69, 9.17) is 0 Å². The fraction of sp³-hybridized carbons (Fsp3) is 0. The Kier molecular flexibility index (Phi) is 5.80. The highest BCUT2D eigenvalue weighted by molar-refractivity contribution is 9.10. The SMILES string of the molecule is O=C(C=CNNC(=O)c1cccc([N+](=O)[O-])c1)c1ccc(Br)cc1. The summed E-state index contributed by atoms with van der Waals surface area (Å²) >= 11 is 3.28. The molecule has 0 unspecified atom stereocenters. The molecular weight excluding hydrogens is 378 g/mol. The summed E-state index contributed by atoms with van der Waals surface area (Å²) in [4.78, 5) is 33.8. The molecule has 0 fully saturated rings. The van der Waals surface area contributed by atoms with Crippen LogP contribution in [0.1, 0.15) is 20.7 Å². The van der Waals surface area contributed by atoms with Crippen molar-refractivity contribution in [3.05, 3.63) is 86.5 Å². The molecule has 2 rings (SSSR count). The van der Waals surface area contributed by atoms with Crippen molar-refractivity contribution in [1.29, 1.82) is 0 Å². The van der Waals surface area contributed by atoms with Crippen LogP contribution in [0, 0.1) is 10.1 Å². The molecule has 0 aliphatic heterocycles. The number of carbonyl (C=O) groups is 2. The normalized spacial score (nSPS) is 10.4. The van der Waals surface area contributed by atoms with E-state index in [0.29, 0.717) is 5.56 Å². The maximum atomic E-state index is 11.9. The minimum Gasteiger partial charge on any atom is -0.305 e. The molecule has 24 heavy (non-hydrogen) atoms. The summed E-state index contributed by atoms with van der Waals surface area (Å²) < 4.78 is 0.866.